The highest BCUT2D eigenvalue weighted by atomic mass is 15.3. The molecule has 3 aromatic rings. The molecule has 2 N–H and O–H groups in total. The Morgan fingerprint density at radius 3 is 2.44 bits per heavy atom. The lowest BCUT2D eigenvalue weighted by molar-refractivity contribution is 0.728. The van der Waals surface area contributed by atoms with E-state index in [0.29, 0.717) is 13.1 Å². The summed E-state index contributed by atoms with van der Waals surface area (Å²) >= 11 is 0. The zero-order valence-corrected chi connectivity index (χ0v) is 16.5. The summed E-state index contributed by atoms with van der Waals surface area (Å²) in [5.41, 5.74) is 4.47. The van der Waals surface area contributed by atoms with Gasteiger partial charge in [-0.15, -0.1) is 0 Å². The molecule has 0 aliphatic rings. The van der Waals surface area contributed by atoms with Crippen molar-refractivity contribution in [2.75, 3.05) is 7.05 Å². The molecule has 0 aromatic carbocycles. The van der Waals surface area contributed by atoms with Crippen LogP contribution in [0.5, 0.6) is 0 Å². The molecule has 0 atom stereocenters. The van der Waals surface area contributed by atoms with Gasteiger partial charge >= 0.3 is 0 Å². The van der Waals surface area contributed by atoms with Crippen LogP contribution in [0.4, 0.5) is 0 Å². The summed E-state index contributed by atoms with van der Waals surface area (Å²) < 4.78 is 3.86. The van der Waals surface area contributed by atoms with Gasteiger partial charge in [0.1, 0.15) is 11.6 Å². The Kier molecular flexibility index (Phi) is 5.54. The minimum atomic E-state index is 0.640. The lowest BCUT2D eigenvalue weighted by Crippen LogP contribution is -2.36. The third-order valence-corrected chi connectivity index (χ3v) is 4.66. The number of guanidine groups is 1. The van der Waals surface area contributed by atoms with Crippen molar-refractivity contribution in [2.45, 2.75) is 33.9 Å². The molecule has 0 saturated carbocycles. The Bertz CT molecular complexity index is 933. The highest BCUT2D eigenvalue weighted by Gasteiger charge is 2.10. The molecule has 3 aromatic heterocycles. The summed E-state index contributed by atoms with van der Waals surface area (Å²) in [5, 5.41) is 11.1. The number of imidazole rings is 1. The number of nitrogens with one attached hydrogen (secondary N) is 2. The molecule has 3 rings (SSSR count). The van der Waals surface area contributed by atoms with E-state index in [1.807, 2.05) is 48.6 Å². The Morgan fingerprint density at radius 1 is 1.11 bits per heavy atom. The Balaban J connectivity index is 1.57. The second-order valence-electron chi connectivity index (χ2n) is 6.42. The average Bonchev–Trinajstić information content (AvgIpc) is 3.19. The second-order valence-corrected chi connectivity index (χ2v) is 6.42. The zero-order chi connectivity index (χ0) is 19.4. The van der Waals surface area contributed by atoms with Gasteiger partial charge in [0, 0.05) is 57.0 Å². The van der Waals surface area contributed by atoms with Crippen LogP contribution < -0.4 is 10.6 Å². The SMILES string of the molecule is CN=C(NCc1ccc(-n2ccnc2C)nc1)NCc1c(C)nn(C)c1C. The first-order chi connectivity index (χ1) is 13.0. The maximum atomic E-state index is 4.52. The van der Waals surface area contributed by atoms with Crippen molar-refractivity contribution in [3.05, 3.63) is 59.1 Å². The molecule has 0 amide bonds. The Hall–Kier alpha value is -3.16. The summed E-state index contributed by atoms with van der Waals surface area (Å²) in [6.45, 7) is 7.37. The maximum absolute atomic E-state index is 4.52. The van der Waals surface area contributed by atoms with E-state index in [9.17, 15) is 0 Å². The van der Waals surface area contributed by atoms with Crippen LogP contribution in [-0.4, -0.2) is 37.3 Å². The van der Waals surface area contributed by atoms with Gasteiger partial charge in [0.2, 0.25) is 0 Å². The van der Waals surface area contributed by atoms with E-state index in [4.69, 9.17) is 0 Å². The molecular weight excluding hydrogens is 340 g/mol. The van der Waals surface area contributed by atoms with Gasteiger partial charge in [0.15, 0.2) is 5.96 Å². The summed E-state index contributed by atoms with van der Waals surface area (Å²) in [7, 11) is 3.72. The molecule has 3 heterocycles. The van der Waals surface area contributed by atoms with Gasteiger partial charge in [-0.2, -0.15) is 5.10 Å². The van der Waals surface area contributed by atoms with E-state index in [2.05, 4.69) is 43.7 Å². The normalized spacial score (nSPS) is 11.7. The first kappa shape index (κ1) is 18.6. The number of hydrogen-bond donors (Lipinski definition) is 2. The van der Waals surface area contributed by atoms with Crippen molar-refractivity contribution in [2.24, 2.45) is 12.0 Å². The molecule has 0 spiro atoms. The van der Waals surface area contributed by atoms with Gasteiger partial charge in [-0.1, -0.05) is 6.07 Å². The lowest BCUT2D eigenvalue weighted by atomic mass is 10.2. The standard InChI is InChI=1S/C19H26N8/c1-13-17(14(2)26(5)25-13)12-24-19(20-4)23-11-16-6-7-18(22-10-16)27-9-8-21-15(27)3/h6-10H,11-12H2,1-5H3,(H2,20,23,24). The average molecular weight is 366 g/mol. The number of rotatable bonds is 5. The van der Waals surface area contributed by atoms with Crippen molar-refractivity contribution < 1.29 is 0 Å². The van der Waals surface area contributed by atoms with E-state index < -0.39 is 0 Å². The predicted molar refractivity (Wildman–Crippen MR) is 106 cm³/mol. The van der Waals surface area contributed by atoms with Crippen LogP contribution in [0, 0.1) is 20.8 Å². The molecule has 8 nitrogen and oxygen atoms in total. The molecule has 0 bridgehead atoms. The number of aromatic nitrogens is 5. The highest BCUT2D eigenvalue weighted by molar-refractivity contribution is 5.79. The van der Waals surface area contributed by atoms with Gasteiger partial charge < -0.3 is 10.6 Å². The van der Waals surface area contributed by atoms with E-state index in [0.717, 1.165) is 34.6 Å². The summed E-state index contributed by atoms with van der Waals surface area (Å²) in [6, 6.07) is 4.04. The number of nitrogens with zero attached hydrogens (tertiary/aromatic N) is 6. The minimum absolute atomic E-state index is 0.640. The first-order valence-corrected chi connectivity index (χ1v) is 8.88. The molecule has 0 radical (unpaired) electrons. The fourth-order valence-corrected chi connectivity index (χ4v) is 2.94. The van der Waals surface area contributed by atoms with Crippen LogP contribution in [0.1, 0.15) is 28.3 Å². The number of pyridine rings is 1. The van der Waals surface area contributed by atoms with Gasteiger partial charge in [-0.25, -0.2) is 9.97 Å². The molecule has 0 unspecified atom stereocenters. The van der Waals surface area contributed by atoms with Crippen LogP contribution in [-0.2, 0) is 20.1 Å². The van der Waals surface area contributed by atoms with Gasteiger partial charge in [0.25, 0.3) is 0 Å². The fraction of sp³-hybridized carbons (Fsp3) is 0.368. The maximum Gasteiger partial charge on any atom is 0.191 e. The third-order valence-electron chi connectivity index (χ3n) is 4.66. The van der Waals surface area contributed by atoms with Crippen molar-refractivity contribution in [3.8, 4) is 5.82 Å². The molecule has 8 heteroatoms. The van der Waals surface area contributed by atoms with E-state index in [-0.39, 0.29) is 0 Å². The smallest absolute Gasteiger partial charge is 0.191 e. The van der Waals surface area contributed by atoms with Crippen LogP contribution in [0.15, 0.2) is 35.7 Å². The molecule has 0 fully saturated rings. The van der Waals surface area contributed by atoms with E-state index >= 15 is 0 Å². The Labute approximate surface area is 159 Å². The quantitative estimate of drug-likeness (QED) is 0.531. The van der Waals surface area contributed by atoms with Gasteiger partial charge in [-0.3, -0.25) is 14.2 Å². The van der Waals surface area contributed by atoms with Crippen LogP contribution in [0.3, 0.4) is 0 Å². The number of aliphatic imine (C=N–C) groups is 1. The minimum Gasteiger partial charge on any atom is -0.352 e. The molecule has 27 heavy (non-hydrogen) atoms. The largest absolute Gasteiger partial charge is 0.352 e. The number of hydrogen-bond acceptors (Lipinski definition) is 4. The monoisotopic (exact) mass is 366 g/mol. The second kappa shape index (κ2) is 8.03. The summed E-state index contributed by atoms with van der Waals surface area (Å²) in [5.74, 6) is 2.52. The first-order valence-electron chi connectivity index (χ1n) is 8.88. The van der Waals surface area contributed by atoms with Crippen LogP contribution in [0.2, 0.25) is 0 Å². The summed E-state index contributed by atoms with van der Waals surface area (Å²) in [4.78, 5) is 13.0. The fourth-order valence-electron chi connectivity index (χ4n) is 2.94. The Morgan fingerprint density at radius 2 is 1.89 bits per heavy atom. The number of aryl methyl sites for hydroxylation is 3. The van der Waals surface area contributed by atoms with Crippen LogP contribution in [0.25, 0.3) is 5.82 Å². The predicted octanol–water partition coefficient (Wildman–Crippen LogP) is 1.79. The van der Waals surface area contributed by atoms with Crippen LogP contribution >= 0.6 is 0 Å². The van der Waals surface area contributed by atoms with Crippen molar-refractivity contribution in [1.82, 2.24) is 34.9 Å². The van der Waals surface area contributed by atoms with Crippen molar-refractivity contribution >= 4 is 5.96 Å². The molecular formula is C19H26N8. The molecule has 0 saturated heterocycles. The van der Waals surface area contributed by atoms with Gasteiger partial charge in [-0.05, 0) is 32.4 Å². The zero-order valence-electron chi connectivity index (χ0n) is 16.5. The lowest BCUT2D eigenvalue weighted by Gasteiger charge is -2.12. The molecule has 142 valence electrons. The van der Waals surface area contributed by atoms with Crippen molar-refractivity contribution in [3.63, 3.8) is 0 Å². The van der Waals surface area contributed by atoms with E-state index in [1.54, 1.807) is 13.2 Å². The molecule has 0 aliphatic heterocycles. The van der Waals surface area contributed by atoms with Gasteiger partial charge in [0.05, 0.1) is 5.69 Å². The molecule has 0 aliphatic carbocycles. The topological polar surface area (TPSA) is 84.9 Å². The highest BCUT2D eigenvalue weighted by Crippen LogP contribution is 2.11. The van der Waals surface area contributed by atoms with Crippen molar-refractivity contribution in [1.29, 1.82) is 0 Å². The summed E-state index contributed by atoms with van der Waals surface area (Å²) in [6.07, 6.45) is 5.54. The third kappa shape index (κ3) is 4.16. The van der Waals surface area contributed by atoms with E-state index in [1.165, 1.54) is 5.56 Å².